The molecule has 7 heteroatoms. The van der Waals surface area contributed by atoms with Crippen LogP contribution < -0.4 is 0 Å². The Morgan fingerprint density at radius 3 is 2.82 bits per heavy atom. The molecule has 0 bridgehead atoms. The van der Waals surface area contributed by atoms with E-state index in [2.05, 4.69) is 10.0 Å². The summed E-state index contributed by atoms with van der Waals surface area (Å²) < 4.78 is 18.4. The number of carbonyl (C=O) groups excluding carboxylic acids is 1. The predicted molar refractivity (Wildman–Crippen MR) is 60.3 cm³/mol. The van der Waals surface area contributed by atoms with Crippen molar-refractivity contribution >= 4 is 6.09 Å². The minimum atomic E-state index is -1.08. The molecule has 0 radical (unpaired) electrons. The van der Waals surface area contributed by atoms with Gasteiger partial charge in [0.15, 0.2) is 0 Å². The number of ether oxygens (including phenoxy) is 1. The molecule has 1 amide bonds. The lowest BCUT2D eigenvalue weighted by atomic mass is 10.2. The molecule has 2 atom stereocenters. The number of nitrogens with zero attached hydrogens (tertiary/aromatic N) is 4. The van der Waals surface area contributed by atoms with Gasteiger partial charge < -0.3 is 9.64 Å². The highest BCUT2D eigenvalue weighted by molar-refractivity contribution is 5.69. The summed E-state index contributed by atoms with van der Waals surface area (Å²) in [6.07, 6.45) is -1.45. The summed E-state index contributed by atoms with van der Waals surface area (Å²) in [5.74, 6) is 0. The van der Waals surface area contributed by atoms with Gasteiger partial charge in [-0.15, -0.1) is 0 Å². The van der Waals surface area contributed by atoms with Gasteiger partial charge in [0.2, 0.25) is 0 Å². The van der Waals surface area contributed by atoms with Gasteiger partial charge in [0.05, 0.1) is 6.54 Å². The van der Waals surface area contributed by atoms with Crippen LogP contribution in [0.15, 0.2) is 5.11 Å². The molecule has 0 unspecified atom stereocenters. The van der Waals surface area contributed by atoms with Crippen LogP contribution in [-0.4, -0.2) is 41.9 Å². The summed E-state index contributed by atoms with van der Waals surface area (Å²) in [6.45, 7) is 5.32. The molecule has 0 aromatic heterocycles. The fourth-order valence-electron chi connectivity index (χ4n) is 1.71. The minimum Gasteiger partial charge on any atom is -0.444 e. The van der Waals surface area contributed by atoms with Crippen molar-refractivity contribution in [3.8, 4) is 0 Å². The number of amides is 1. The normalized spacial score (nSPS) is 24.4. The molecule has 1 fully saturated rings. The van der Waals surface area contributed by atoms with E-state index in [9.17, 15) is 9.18 Å². The third-order valence-corrected chi connectivity index (χ3v) is 2.35. The average Bonchev–Trinajstić information content (AvgIpc) is 2.54. The first-order valence-corrected chi connectivity index (χ1v) is 5.48. The van der Waals surface area contributed by atoms with Gasteiger partial charge in [0.1, 0.15) is 11.8 Å². The second-order valence-corrected chi connectivity index (χ2v) is 5.03. The van der Waals surface area contributed by atoms with Crippen molar-refractivity contribution in [3.05, 3.63) is 10.4 Å². The fraction of sp³-hybridized carbons (Fsp3) is 0.900. The first-order valence-electron chi connectivity index (χ1n) is 5.48. The lowest BCUT2D eigenvalue weighted by Crippen LogP contribution is -2.41. The summed E-state index contributed by atoms with van der Waals surface area (Å²) in [6, 6.07) is -0.407. The third kappa shape index (κ3) is 4.11. The van der Waals surface area contributed by atoms with Crippen molar-refractivity contribution in [1.82, 2.24) is 4.90 Å². The molecule has 1 aliphatic heterocycles. The highest BCUT2D eigenvalue weighted by atomic mass is 19.1. The van der Waals surface area contributed by atoms with E-state index in [4.69, 9.17) is 10.3 Å². The molecule has 6 nitrogen and oxygen atoms in total. The first kappa shape index (κ1) is 13.6. The van der Waals surface area contributed by atoms with Crippen LogP contribution in [0, 0.1) is 0 Å². The van der Waals surface area contributed by atoms with Gasteiger partial charge in [-0.2, -0.15) is 0 Å². The van der Waals surface area contributed by atoms with Crippen LogP contribution in [0.5, 0.6) is 0 Å². The third-order valence-electron chi connectivity index (χ3n) is 2.35. The molecule has 0 saturated carbocycles. The Kier molecular flexibility index (Phi) is 4.17. The predicted octanol–water partition coefficient (Wildman–Crippen LogP) is 2.64. The van der Waals surface area contributed by atoms with Crippen LogP contribution in [0.2, 0.25) is 0 Å². The summed E-state index contributed by atoms with van der Waals surface area (Å²) in [5.41, 5.74) is 7.62. The van der Waals surface area contributed by atoms with Gasteiger partial charge in [0, 0.05) is 23.9 Å². The van der Waals surface area contributed by atoms with Crippen molar-refractivity contribution in [2.24, 2.45) is 5.11 Å². The maximum atomic E-state index is 13.3. The maximum Gasteiger partial charge on any atom is 0.410 e. The molecule has 0 aliphatic carbocycles. The van der Waals surface area contributed by atoms with Crippen LogP contribution in [0.1, 0.15) is 27.2 Å². The lowest BCUT2D eigenvalue weighted by Gasteiger charge is -2.27. The van der Waals surface area contributed by atoms with Gasteiger partial charge in [-0.3, -0.25) is 0 Å². The Bertz CT molecular complexity index is 336. The van der Waals surface area contributed by atoms with Gasteiger partial charge in [0.25, 0.3) is 0 Å². The van der Waals surface area contributed by atoms with Crippen molar-refractivity contribution in [2.75, 3.05) is 13.1 Å². The Morgan fingerprint density at radius 1 is 1.65 bits per heavy atom. The van der Waals surface area contributed by atoms with Gasteiger partial charge >= 0.3 is 6.09 Å². The molecule has 1 aliphatic rings. The molecule has 96 valence electrons. The topological polar surface area (TPSA) is 78.3 Å². The summed E-state index contributed by atoms with van der Waals surface area (Å²) in [4.78, 5) is 15.7. The van der Waals surface area contributed by atoms with E-state index in [1.807, 2.05) is 0 Å². The van der Waals surface area contributed by atoms with Crippen molar-refractivity contribution < 1.29 is 13.9 Å². The summed E-state index contributed by atoms with van der Waals surface area (Å²) >= 11 is 0. The molecular formula is C10H17FN4O2. The summed E-state index contributed by atoms with van der Waals surface area (Å²) in [7, 11) is 0. The van der Waals surface area contributed by atoms with E-state index >= 15 is 0 Å². The van der Waals surface area contributed by atoms with E-state index in [-0.39, 0.29) is 19.5 Å². The number of alkyl halides is 1. The van der Waals surface area contributed by atoms with Gasteiger partial charge in [-0.05, 0) is 26.3 Å². The van der Waals surface area contributed by atoms with Crippen molar-refractivity contribution in [3.63, 3.8) is 0 Å². The average molecular weight is 244 g/mol. The number of rotatable bonds is 2. The number of hydrogen-bond donors (Lipinski definition) is 0. The quantitative estimate of drug-likeness (QED) is 0.425. The number of likely N-dealkylation sites (tertiary alicyclic amines) is 1. The van der Waals surface area contributed by atoms with Crippen LogP contribution in [0.25, 0.3) is 10.4 Å². The van der Waals surface area contributed by atoms with E-state index in [1.54, 1.807) is 20.8 Å². The van der Waals surface area contributed by atoms with Crippen LogP contribution in [-0.2, 0) is 4.74 Å². The number of hydrogen-bond acceptors (Lipinski definition) is 3. The molecular weight excluding hydrogens is 227 g/mol. The Labute approximate surface area is 99.4 Å². The van der Waals surface area contributed by atoms with Crippen molar-refractivity contribution in [1.29, 1.82) is 0 Å². The fourth-order valence-corrected chi connectivity index (χ4v) is 1.71. The van der Waals surface area contributed by atoms with Gasteiger partial charge in [-0.25, -0.2) is 9.18 Å². The monoisotopic (exact) mass is 244 g/mol. The molecule has 1 heterocycles. The highest BCUT2D eigenvalue weighted by Gasteiger charge is 2.37. The standard InChI is InChI=1S/C10H17FN4O2/c1-10(2,3)17-9(16)15-6-7(11)4-8(15)5-13-14-12/h7-8H,4-6H2,1-3H3/t7-,8-/m0/s1. The molecule has 0 aromatic rings. The molecule has 0 N–H and O–H groups in total. The minimum absolute atomic E-state index is 0.000524. The van der Waals surface area contributed by atoms with E-state index < -0.39 is 23.9 Å². The maximum absolute atomic E-state index is 13.3. The van der Waals surface area contributed by atoms with Crippen LogP contribution in [0.4, 0.5) is 9.18 Å². The smallest absolute Gasteiger partial charge is 0.410 e. The second-order valence-electron chi connectivity index (χ2n) is 5.03. The zero-order valence-electron chi connectivity index (χ0n) is 10.3. The van der Waals surface area contributed by atoms with Crippen molar-refractivity contribution in [2.45, 2.75) is 45.0 Å². The number of carbonyl (C=O) groups is 1. The van der Waals surface area contributed by atoms with Crippen LogP contribution in [0.3, 0.4) is 0 Å². The highest BCUT2D eigenvalue weighted by Crippen LogP contribution is 2.23. The Balaban J connectivity index is 2.66. The lowest BCUT2D eigenvalue weighted by molar-refractivity contribution is 0.0224. The van der Waals surface area contributed by atoms with E-state index in [0.29, 0.717) is 0 Å². The molecule has 0 spiro atoms. The zero-order valence-corrected chi connectivity index (χ0v) is 10.3. The molecule has 17 heavy (non-hydrogen) atoms. The molecule has 1 saturated heterocycles. The largest absolute Gasteiger partial charge is 0.444 e. The first-order chi connectivity index (χ1) is 7.83. The number of azide groups is 1. The van der Waals surface area contributed by atoms with E-state index in [1.165, 1.54) is 4.90 Å². The SMILES string of the molecule is CC(C)(C)OC(=O)N1C[C@@H](F)C[C@H]1CN=[N+]=[N-]. The van der Waals surface area contributed by atoms with Crippen LogP contribution >= 0.6 is 0 Å². The number of halogens is 1. The summed E-state index contributed by atoms with van der Waals surface area (Å²) in [5, 5.41) is 3.38. The Hall–Kier alpha value is -1.49. The van der Waals surface area contributed by atoms with E-state index in [0.717, 1.165) is 0 Å². The zero-order chi connectivity index (χ0) is 13.1. The second kappa shape index (κ2) is 5.23. The Morgan fingerprint density at radius 2 is 2.29 bits per heavy atom. The molecule has 1 rings (SSSR count). The molecule has 0 aromatic carbocycles. The van der Waals surface area contributed by atoms with Gasteiger partial charge in [-0.1, -0.05) is 5.11 Å².